The van der Waals surface area contributed by atoms with Crippen molar-refractivity contribution < 1.29 is 0 Å². The average molecular weight is 173 g/mol. The van der Waals surface area contributed by atoms with Gasteiger partial charge in [0.05, 0.1) is 0 Å². The zero-order chi connectivity index (χ0) is 6.15. The van der Waals surface area contributed by atoms with Gasteiger partial charge >= 0.3 is 55.8 Å². The summed E-state index contributed by atoms with van der Waals surface area (Å²) in [6.45, 7) is 6.62. The van der Waals surface area contributed by atoms with E-state index in [1.54, 1.807) is 4.44 Å². The van der Waals surface area contributed by atoms with E-state index >= 15 is 0 Å². The Bertz CT molecular complexity index is 167. The second-order valence-corrected chi connectivity index (χ2v) is 4.37. The molecule has 1 rings (SSSR count). The predicted octanol–water partition coefficient (Wildman–Crippen LogP) is 1.67. The Morgan fingerprint density at radius 3 is 2.00 bits per heavy atom. The summed E-state index contributed by atoms with van der Waals surface area (Å²) in [4.78, 5) is 2.34. The molecule has 0 fully saturated rings. The van der Waals surface area contributed by atoms with Crippen molar-refractivity contribution in [3.05, 3.63) is 20.5 Å². The fraction of sp³-hybridized carbons (Fsp3) is 0.429. The van der Waals surface area contributed by atoms with E-state index in [1.807, 2.05) is 0 Å². The number of rotatable bonds is 0. The molecule has 0 N–H and O–H groups in total. The molecule has 0 aromatic carbocycles. The predicted molar refractivity (Wildman–Crippen MR) is 37.6 cm³/mol. The van der Waals surface area contributed by atoms with Crippen molar-refractivity contribution in [2.75, 3.05) is 0 Å². The monoisotopic (exact) mass is 174 g/mol. The van der Waals surface area contributed by atoms with Crippen LogP contribution in [0.4, 0.5) is 0 Å². The van der Waals surface area contributed by atoms with Crippen molar-refractivity contribution in [1.29, 1.82) is 0 Å². The second kappa shape index (κ2) is 2.08. The Morgan fingerprint density at radius 2 is 1.88 bits per heavy atom. The van der Waals surface area contributed by atoms with Crippen LogP contribution in [0.5, 0.6) is 0 Å². The van der Waals surface area contributed by atoms with Gasteiger partial charge in [-0.2, -0.15) is 0 Å². The number of hydrogen-bond acceptors (Lipinski definition) is 0. The molecule has 8 heavy (non-hydrogen) atoms. The molecule has 0 saturated heterocycles. The van der Waals surface area contributed by atoms with Gasteiger partial charge in [-0.05, 0) is 0 Å². The first-order valence-corrected chi connectivity index (χ1v) is 4.57. The molecule has 0 bridgehead atoms. The molecule has 0 aliphatic heterocycles. The summed E-state index contributed by atoms with van der Waals surface area (Å²) >= 11 is 0.689. The number of hydrogen-bond donors (Lipinski definition) is 0. The molecule has 1 aromatic heterocycles. The van der Waals surface area contributed by atoms with Crippen molar-refractivity contribution in [1.82, 2.24) is 0 Å². The maximum absolute atomic E-state index is 2.34. The molecule has 44 valence electrons. The molecule has 0 radical (unpaired) electrons. The van der Waals surface area contributed by atoms with E-state index < -0.39 is 0 Å². The van der Waals surface area contributed by atoms with Crippen LogP contribution in [0, 0.1) is 20.8 Å². The molecule has 0 aliphatic rings. The molecule has 0 saturated carbocycles. The summed E-state index contributed by atoms with van der Waals surface area (Å²) in [5.74, 6) is 0. The molecule has 0 atom stereocenters. The average Bonchev–Trinajstić information content (AvgIpc) is 1.98. The molecule has 0 nitrogen and oxygen atoms in total. The van der Waals surface area contributed by atoms with Gasteiger partial charge in [0.2, 0.25) is 0 Å². The summed E-state index contributed by atoms with van der Waals surface area (Å²) < 4.78 is 1.59. The van der Waals surface area contributed by atoms with Gasteiger partial charge in [0.1, 0.15) is 0 Å². The van der Waals surface area contributed by atoms with E-state index in [9.17, 15) is 0 Å². The molecule has 0 amide bonds. The first-order valence-electron chi connectivity index (χ1n) is 2.73. The van der Waals surface area contributed by atoms with Crippen LogP contribution >= 0.6 is 0 Å². The van der Waals surface area contributed by atoms with Gasteiger partial charge in [-0.25, -0.2) is 0 Å². The van der Waals surface area contributed by atoms with Gasteiger partial charge in [0, 0.05) is 0 Å². The maximum atomic E-state index is 2.34. The van der Waals surface area contributed by atoms with E-state index in [-0.39, 0.29) is 0 Å². The van der Waals surface area contributed by atoms with Gasteiger partial charge in [-0.3, -0.25) is 0 Å². The van der Waals surface area contributed by atoms with Crippen LogP contribution in [-0.4, -0.2) is 14.5 Å². The van der Waals surface area contributed by atoms with Gasteiger partial charge in [-0.1, -0.05) is 0 Å². The Kier molecular flexibility index (Phi) is 1.59. The molecule has 1 heteroatoms. The number of aryl methyl sites for hydroxylation is 2. The molecule has 1 heterocycles. The van der Waals surface area contributed by atoms with Crippen molar-refractivity contribution in [3.8, 4) is 0 Å². The minimum absolute atomic E-state index is 0.689. The van der Waals surface area contributed by atoms with Crippen LogP contribution < -0.4 is 0 Å². The van der Waals surface area contributed by atoms with Crippen molar-refractivity contribution >= 4 is 14.5 Å². The molecule has 0 spiro atoms. The topological polar surface area (TPSA) is 0 Å². The van der Waals surface area contributed by atoms with E-state index in [1.165, 1.54) is 11.1 Å². The van der Waals surface area contributed by atoms with E-state index in [4.69, 9.17) is 0 Å². The quantitative estimate of drug-likeness (QED) is 0.523. The van der Waals surface area contributed by atoms with Gasteiger partial charge in [-0.15, -0.1) is 0 Å². The van der Waals surface area contributed by atoms with E-state index in [2.05, 4.69) is 25.7 Å². The summed E-state index contributed by atoms with van der Waals surface area (Å²) in [7, 11) is 0. The summed E-state index contributed by atoms with van der Waals surface area (Å²) in [6.07, 6.45) is 0. The van der Waals surface area contributed by atoms with Crippen LogP contribution in [0.1, 0.15) is 15.6 Å². The fourth-order valence-electron chi connectivity index (χ4n) is 0.631. The zero-order valence-electron chi connectivity index (χ0n) is 5.49. The first kappa shape index (κ1) is 6.12. The van der Waals surface area contributed by atoms with Crippen molar-refractivity contribution in [3.63, 3.8) is 0 Å². The van der Waals surface area contributed by atoms with E-state index in [0.717, 1.165) is 0 Å². The Balaban J connectivity index is 3.19. The molecular weight excluding hydrogens is 163 g/mol. The van der Waals surface area contributed by atoms with Crippen molar-refractivity contribution in [2.45, 2.75) is 20.8 Å². The summed E-state index contributed by atoms with van der Waals surface area (Å²) in [5, 5.41) is 0. The Labute approximate surface area is 56.3 Å². The summed E-state index contributed by atoms with van der Waals surface area (Å²) in [5.41, 5.74) is 3.01. The zero-order valence-corrected chi connectivity index (χ0v) is 7.20. The third-order valence-electron chi connectivity index (χ3n) is 1.53. The molecule has 0 aliphatic carbocycles. The van der Waals surface area contributed by atoms with Crippen LogP contribution in [0.25, 0.3) is 0 Å². The first-order chi connectivity index (χ1) is 3.72. The van der Waals surface area contributed by atoms with Gasteiger partial charge in [0.25, 0.3) is 0 Å². The Hall–Kier alpha value is -0.000519. The SMILES string of the molecule is Cc1c[se]c(C)c1C. The third kappa shape index (κ3) is 0.887. The van der Waals surface area contributed by atoms with Crippen LogP contribution in [-0.2, 0) is 0 Å². The molecule has 0 unspecified atom stereocenters. The fourth-order valence-corrected chi connectivity index (χ4v) is 2.45. The standard InChI is InChI=1S/C7H10Se/c1-5-4-8-7(3)6(5)2/h4H,1-3H3. The van der Waals surface area contributed by atoms with Crippen LogP contribution in [0.2, 0.25) is 0 Å². The normalized spacial score (nSPS) is 9.88. The minimum atomic E-state index is 0.689. The molecule has 1 aromatic rings. The van der Waals surface area contributed by atoms with Crippen LogP contribution in [0.3, 0.4) is 0 Å². The second-order valence-electron chi connectivity index (χ2n) is 2.10. The molecular formula is C7H10Se. The van der Waals surface area contributed by atoms with Gasteiger partial charge < -0.3 is 0 Å². The van der Waals surface area contributed by atoms with Gasteiger partial charge in [0.15, 0.2) is 0 Å². The summed E-state index contributed by atoms with van der Waals surface area (Å²) in [6, 6.07) is 0. The third-order valence-corrected chi connectivity index (χ3v) is 3.91. The van der Waals surface area contributed by atoms with Crippen molar-refractivity contribution in [2.24, 2.45) is 0 Å². The van der Waals surface area contributed by atoms with E-state index in [0.29, 0.717) is 14.5 Å². The van der Waals surface area contributed by atoms with Crippen LogP contribution in [0.15, 0.2) is 4.94 Å². The Morgan fingerprint density at radius 1 is 1.25 bits per heavy atom.